The van der Waals surface area contributed by atoms with Crippen LogP contribution in [0.4, 0.5) is 13.2 Å². The van der Waals surface area contributed by atoms with Crippen molar-refractivity contribution in [1.29, 1.82) is 0 Å². The van der Waals surface area contributed by atoms with Gasteiger partial charge in [0.05, 0.1) is 4.90 Å². The molecule has 1 N–H and O–H groups in total. The summed E-state index contributed by atoms with van der Waals surface area (Å²) in [7, 11) is -3.71. The zero-order valence-corrected chi connectivity index (χ0v) is 15.4. The summed E-state index contributed by atoms with van der Waals surface area (Å²) in [6, 6.07) is 4.96. The number of benzene rings is 1. The highest BCUT2D eigenvalue weighted by molar-refractivity contribution is 7.89. The number of rotatable bonds is 6. The maximum atomic E-state index is 12.9. The molecule has 9 heteroatoms. The first-order valence-corrected chi connectivity index (χ1v) is 10.1. The molecule has 0 unspecified atom stereocenters. The van der Waals surface area contributed by atoms with Gasteiger partial charge in [0, 0.05) is 18.2 Å². The normalized spacial score (nSPS) is 16.7. The van der Waals surface area contributed by atoms with E-state index < -0.39 is 28.7 Å². The number of alkyl halides is 3. The number of carbonyl (C=O) groups is 1. The molecule has 26 heavy (non-hydrogen) atoms. The highest BCUT2D eigenvalue weighted by Crippen LogP contribution is 2.27. The minimum Gasteiger partial charge on any atom is -0.343 e. The lowest BCUT2D eigenvalue weighted by molar-refractivity contribution is -0.123. The number of halogens is 3. The van der Waals surface area contributed by atoms with Crippen LogP contribution in [0.3, 0.4) is 0 Å². The van der Waals surface area contributed by atoms with Crippen LogP contribution in [0.15, 0.2) is 29.2 Å². The van der Waals surface area contributed by atoms with Crippen molar-refractivity contribution < 1.29 is 26.4 Å². The summed E-state index contributed by atoms with van der Waals surface area (Å²) in [6.07, 6.45) is 0.246. The third-order valence-corrected chi connectivity index (χ3v) is 6.51. The zero-order valence-electron chi connectivity index (χ0n) is 14.6. The molecule has 1 aromatic carbocycles. The minimum absolute atomic E-state index is 0.0195. The Balaban J connectivity index is 2.13. The van der Waals surface area contributed by atoms with E-state index in [1.807, 2.05) is 0 Å². The van der Waals surface area contributed by atoms with Gasteiger partial charge >= 0.3 is 6.18 Å². The molecule has 146 valence electrons. The maximum Gasteiger partial charge on any atom is 0.405 e. The predicted molar refractivity (Wildman–Crippen MR) is 91.3 cm³/mol. The van der Waals surface area contributed by atoms with E-state index in [0.29, 0.717) is 6.54 Å². The summed E-state index contributed by atoms with van der Waals surface area (Å²) in [6.45, 7) is 0.698. The first kappa shape index (κ1) is 20.7. The number of hydrogen-bond donors (Lipinski definition) is 1. The van der Waals surface area contributed by atoms with E-state index in [-0.39, 0.29) is 16.5 Å². The smallest absolute Gasteiger partial charge is 0.343 e. The van der Waals surface area contributed by atoms with E-state index in [1.165, 1.54) is 28.6 Å². The van der Waals surface area contributed by atoms with Gasteiger partial charge in [0.1, 0.15) is 6.54 Å². The molecule has 5 nitrogen and oxygen atoms in total. The van der Waals surface area contributed by atoms with Gasteiger partial charge in [0.15, 0.2) is 0 Å². The van der Waals surface area contributed by atoms with Crippen molar-refractivity contribution in [2.24, 2.45) is 0 Å². The molecule has 1 aromatic rings. The Bertz CT molecular complexity index is 712. The first-order chi connectivity index (χ1) is 12.1. The van der Waals surface area contributed by atoms with E-state index >= 15 is 0 Å². The fourth-order valence-electron chi connectivity index (χ4n) is 3.19. The van der Waals surface area contributed by atoms with Crippen LogP contribution in [0.25, 0.3) is 0 Å². The number of nitrogens with one attached hydrogen (secondary N) is 1. The molecule has 1 saturated carbocycles. The van der Waals surface area contributed by atoms with E-state index in [0.717, 1.165) is 32.1 Å². The van der Waals surface area contributed by atoms with Crippen molar-refractivity contribution in [2.75, 3.05) is 13.1 Å². The second-order valence-corrected chi connectivity index (χ2v) is 8.21. The van der Waals surface area contributed by atoms with Gasteiger partial charge in [-0.25, -0.2) is 8.42 Å². The van der Waals surface area contributed by atoms with Crippen molar-refractivity contribution in [3.63, 3.8) is 0 Å². The van der Waals surface area contributed by atoms with Crippen LogP contribution < -0.4 is 5.32 Å². The number of amides is 1. The lowest BCUT2D eigenvalue weighted by atomic mass is 9.95. The summed E-state index contributed by atoms with van der Waals surface area (Å²) in [5.41, 5.74) is -0.0195. The average Bonchev–Trinajstić information content (AvgIpc) is 2.60. The van der Waals surface area contributed by atoms with E-state index in [2.05, 4.69) is 0 Å². The quantitative estimate of drug-likeness (QED) is 0.808. The van der Waals surface area contributed by atoms with Gasteiger partial charge in [-0.1, -0.05) is 26.2 Å². The van der Waals surface area contributed by atoms with Crippen LogP contribution in [-0.4, -0.2) is 43.9 Å². The highest BCUT2D eigenvalue weighted by atomic mass is 32.2. The van der Waals surface area contributed by atoms with Crippen molar-refractivity contribution in [2.45, 2.75) is 56.1 Å². The standard InChI is InChI=1S/C17H23F3N2O3S/c1-2-22(14-6-4-3-5-7-14)26(24,25)15-10-8-13(9-11-15)16(23)21-12-17(18,19)20/h8-11,14H,2-7,12H2,1H3,(H,21,23). The fraction of sp³-hybridized carbons (Fsp3) is 0.588. The van der Waals surface area contributed by atoms with Crippen LogP contribution in [0.2, 0.25) is 0 Å². The summed E-state index contributed by atoms with van der Waals surface area (Å²) in [5, 5.41) is 1.76. The van der Waals surface area contributed by atoms with Gasteiger partial charge in [0.2, 0.25) is 10.0 Å². The van der Waals surface area contributed by atoms with E-state index in [9.17, 15) is 26.4 Å². The molecule has 2 rings (SSSR count). The molecular weight excluding hydrogens is 369 g/mol. The second kappa shape index (κ2) is 8.39. The lowest BCUT2D eigenvalue weighted by Gasteiger charge is -2.32. The molecular formula is C17H23F3N2O3S. The van der Waals surface area contributed by atoms with Crippen LogP contribution >= 0.6 is 0 Å². The molecule has 1 amide bonds. The summed E-state index contributed by atoms with van der Waals surface area (Å²) >= 11 is 0. The van der Waals surface area contributed by atoms with Gasteiger partial charge in [-0.3, -0.25) is 4.79 Å². The van der Waals surface area contributed by atoms with Gasteiger partial charge in [-0.05, 0) is 37.1 Å². The van der Waals surface area contributed by atoms with Gasteiger partial charge in [-0.15, -0.1) is 0 Å². The molecule has 1 aliphatic rings. The number of nitrogens with zero attached hydrogens (tertiary/aromatic N) is 1. The van der Waals surface area contributed by atoms with Crippen molar-refractivity contribution in [3.8, 4) is 0 Å². The van der Waals surface area contributed by atoms with Gasteiger partial charge in [0.25, 0.3) is 5.91 Å². The molecule has 0 saturated heterocycles. The highest BCUT2D eigenvalue weighted by Gasteiger charge is 2.31. The molecule has 0 radical (unpaired) electrons. The Labute approximate surface area is 151 Å². The first-order valence-electron chi connectivity index (χ1n) is 8.62. The van der Waals surface area contributed by atoms with Crippen molar-refractivity contribution >= 4 is 15.9 Å². The molecule has 1 fully saturated rings. The third kappa shape index (κ3) is 5.20. The maximum absolute atomic E-state index is 12.9. The SMILES string of the molecule is CCN(C1CCCCC1)S(=O)(=O)c1ccc(C(=O)NCC(F)(F)F)cc1. The molecule has 1 aliphatic carbocycles. The van der Waals surface area contributed by atoms with Crippen molar-refractivity contribution in [1.82, 2.24) is 9.62 Å². The molecule has 0 bridgehead atoms. The Hall–Kier alpha value is -1.61. The van der Waals surface area contributed by atoms with Crippen LogP contribution in [0.5, 0.6) is 0 Å². The molecule has 0 aromatic heterocycles. The van der Waals surface area contributed by atoms with Crippen LogP contribution in [0, 0.1) is 0 Å². The lowest BCUT2D eigenvalue weighted by Crippen LogP contribution is -2.41. The predicted octanol–water partition coefficient (Wildman–Crippen LogP) is 3.32. The van der Waals surface area contributed by atoms with Gasteiger partial charge < -0.3 is 5.32 Å². The third-order valence-electron chi connectivity index (χ3n) is 4.47. The Morgan fingerprint density at radius 3 is 2.23 bits per heavy atom. The Kier molecular flexibility index (Phi) is 6.68. The van der Waals surface area contributed by atoms with Crippen molar-refractivity contribution in [3.05, 3.63) is 29.8 Å². The Morgan fingerprint density at radius 2 is 1.73 bits per heavy atom. The average molecular weight is 392 g/mol. The summed E-state index contributed by atoms with van der Waals surface area (Å²) < 4.78 is 63.7. The minimum atomic E-state index is -4.50. The molecule has 0 atom stereocenters. The monoisotopic (exact) mass is 392 g/mol. The summed E-state index contributed by atoms with van der Waals surface area (Å²) in [4.78, 5) is 11.8. The van der Waals surface area contributed by atoms with E-state index in [4.69, 9.17) is 0 Å². The zero-order chi connectivity index (χ0) is 19.4. The summed E-state index contributed by atoms with van der Waals surface area (Å²) in [5.74, 6) is -0.897. The number of sulfonamides is 1. The van der Waals surface area contributed by atoms with Crippen LogP contribution in [0.1, 0.15) is 49.4 Å². The molecule has 0 spiro atoms. The topological polar surface area (TPSA) is 66.5 Å². The number of carbonyl (C=O) groups excluding carboxylic acids is 1. The number of hydrogen-bond acceptors (Lipinski definition) is 3. The van der Waals surface area contributed by atoms with E-state index in [1.54, 1.807) is 12.2 Å². The Morgan fingerprint density at radius 1 is 1.15 bits per heavy atom. The van der Waals surface area contributed by atoms with Gasteiger partial charge in [-0.2, -0.15) is 17.5 Å². The molecule has 0 heterocycles. The molecule has 0 aliphatic heterocycles. The van der Waals surface area contributed by atoms with Crippen LogP contribution in [-0.2, 0) is 10.0 Å². The second-order valence-electron chi connectivity index (χ2n) is 6.32. The largest absolute Gasteiger partial charge is 0.405 e. The fourth-order valence-corrected chi connectivity index (χ4v) is 4.88.